The van der Waals surface area contributed by atoms with Gasteiger partial charge in [0.15, 0.2) is 10.8 Å². The third-order valence-electron chi connectivity index (χ3n) is 5.57. The van der Waals surface area contributed by atoms with Crippen molar-refractivity contribution in [2.45, 2.75) is 6.42 Å². The molecule has 0 unspecified atom stereocenters. The highest BCUT2D eigenvalue weighted by molar-refractivity contribution is 7.10. The van der Waals surface area contributed by atoms with Crippen LogP contribution in [0.5, 0.6) is 0 Å². The second-order valence-corrected chi connectivity index (χ2v) is 9.31. The van der Waals surface area contributed by atoms with Gasteiger partial charge in [-0.1, -0.05) is 18.2 Å². The lowest BCUT2D eigenvalue weighted by Gasteiger charge is -2.09. The van der Waals surface area contributed by atoms with Crippen molar-refractivity contribution in [2.75, 3.05) is 17.2 Å². The van der Waals surface area contributed by atoms with Crippen molar-refractivity contribution in [3.63, 3.8) is 0 Å². The van der Waals surface area contributed by atoms with E-state index >= 15 is 0 Å². The first-order valence-corrected chi connectivity index (χ1v) is 12.9. The van der Waals surface area contributed by atoms with Gasteiger partial charge in [0.2, 0.25) is 11.7 Å². The maximum atomic E-state index is 12.6. The maximum Gasteiger partial charge on any atom is 0.270 e. The van der Waals surface area contributed by atoms with Crippen molar-refractivity contribution in [1.82, 2.24) is 19.9 Å². The van der Waals surface area contributed by atoms with Crippen LogP contribution in [0, 0.1) is 12.3 Å². The van der Waals surface area contributed by atoms with Crippen molar-refractivity contribution in [3.8, 4) is 12.3 Å². The summed E-state index contributed by atoms with van der Waals surface area (Å²) in [6, 6.07) is 13.5. The molecular formula is C29H24N6O4S. The van der Waals surface area contributed by atoms with Crippen molar-refractivity contribution in [2.24, 2.45) is 7.05 Å². The zero-order valence-electron chi connectivity index (χ0n) is 21.4. The van der Waals surface area contributed by atoms with Gasteiger partial charge in [-0.3, -0.25) is 19.2 Å². The molecule has 3 amide bonds. The number of terminal acetylenes is 1. The van der Waals surface area contributed by atoms with Crippen molar-refractivity contribution in [3.05, 3.63) is 100 Å². The van der Waals surface area contributed by atoms with E-state index < -0.39 is 5.91 Å². The molecule has 2 aromatic heterocycles. The Kier molecular flexibility index (Phi) is 8.96. The molecule has 0 aliphatic carbocycles. The van der Waals surface area contributed by atoms with E-state index in [0.29, 0.717) is 27.8 Å². The molecule has 0 fully saturated rings. The average molecular weight is 553 g/mol. The van der Waals surface area contributed by atoms with E-state index in [1.807, 2.05) is 0 Å². The van der Waals surface area contributed by atoms with E-state index in [4.69, 9.17) is 6.42 Å². The van der Waals surface area contributed by atoms with E-state index in [-0.39, 0.29) is 36.3 Å². The van der Waals surface area contributed by atoms with Crippen LogP contribution in [0.3, 0.4) is 0 Å². The van der Waals surface area contributed by atoms with Crippen molar-refractivity contribution in [1.29, 1.82) is 0 Å². The number of nitrogens with one attached hydrogen (secondary N) is 3. The third kappa shape index (κ3) is 7.37. The standard InChI is InChI=1S/C29H24N6O4S/c1-3-26-34-23(18-40-26)29(39)31-15-14-25(37)32-21-9-11-22(12-10-21)33-28(38)20-7-4-19(5-8-20)6-13-24(36)27-30-16-17-35(27)2/h1,4-13,16-18H,14-15H2,2H3,(H,31,39)(H,32,37)(H,33,38)/b13-6+. The van der Waals surface area contributed by atoms with Gasteiger partial charge in [0.05, 0.1) is 0 Å². The van der Waals surface area contributed by atoms with Crippen LogP contribution in [0.4, 0.5) is 11.4 Å². The topological polar surface area (TPSA) is 135 Å². The summed E-state index contributed by atoms with van der Waals surface area (Å²) in [4.78, 5) is 57.1. The number of hydrogen-bond donors (Lipinski definition) is 3. The van der Waals surface area contributed by atoms with Gasteiger partial charge in [0.1, 0.15) is 5.69 Å². The highest BCUT2D eigenvalue weighted by Crippen LogP contribution is 2.16. The first kappa shape index (κ1) is 27.7. The molecule has 0 aliphatic heterocycles. The number of aryl methyl sites for hydroxylation is 1. The highest BCUT2D eigenvalue weighted by atomic mass is 32.1. The predicted molar refractivity (Wildman–Crippen MR) is 153 cm³/mol. The summed E-state index contributed by atoms with van der Waals surface area (Å²) in [5.74, 6) is 1.51. The average Bonchev–Trinajstić information content (AvgIpc) is 3.62. The van der Waals surface area contributed by atoms with Gasteiger partial charge < -0.3 is 20.5 Å². The number of carbonyl (C=O) groups is 4. The number of ketones is 1. The number of hydrogen-bond acceptors (Lipinski definition) is 7. The summed E-state index contributed by atoms with van der Waals surface area (Å²) < 4.78 is 1.64. The summed E-state index contributed by atoms with van der Waals surface area (Å²) in [6.07, 6.45) is 11.7. The Labute approximate surface area is 234 Å². The minimum Gasteiger partial charge on any atom is -0.350 e. The van der Waals surface area contributed by atoms with E-state index in [9.17, 15) is 19.2 Å². The summed E-state index contributed by atoms with van der Waals surface area (Å²) in [6.45, 7) is 0.136. The van der Waals surface area contributed by atoms with E-state index in [1.54, 1.807) is 84.0 Å². The number of thiazole rings is 1. The maximum absolute atomic E-state index is 12.6. The van der Waals surface area contributed by atoms with Crippen LogP contribution >= 0.6 is 11.3 Å². The molecule has 40 heavy (non-hydrogen) atoms. The fourth-order valence-corrected chi connectivity index (χ4v) is 4.09. The zero-order chi connectivity index (χ0) is 28.5. The molecule has 2 heterocycles. The number of carbonyl (C=O) groups excluding carboxylic acids is 4. The molecule has 4 rings (SSSR count). The molecule has 2 aromatic carbocycles. The van der Waals surface area contributed by atoms with Crippen LogP contribution in [-0.4, -0.2) is 44.6 Å². The first-order valence-electron chi connectivity index (χ1n) is 12.0. The monoisotopic (exact) mass is 552 g/mol. The van der Waals surface area contributed by atoms with Gasteiger partial charge in [-0.2, -0.15) is 0 Å². The molecule has 0 spiro atoms. The molecule has 0 saturated heterocycles. The van der Waals surface area contributed by atoms with Crippen LogP contribution in [0.15, 0.2) is 72.4 Å². The van der Waals surface area contributed by atoms with Crippen LogP contribution in [0.25, 0.3) is 6.08 Å². The fourth-order valence-electron chi connectivity index (χ4n) is 3.48. The van der Waals surface area contributed by atoms with E-state index in [2.05, 4.69) is 31.8 Å². The molecule has 11 heteroatoms. The molecule has 0 saturated carbocycles. The molecule has 10 nitrogen and oxygen atoms in total. The largest absolute Gasteiger partial charge is 0.350 e. The number of imidazole rings is 1. The summed E-state index contributed by atoms with van der Waals surface area (Å²) in [5.41, 5.74) is 2.52. The number of benzene rings is 2. The highest BCUT2D eigenvalue weighted by Gasteiger charge is 2.11. The van der Waals surface area contributed by atoms with Gasteiger partial charge >= 0.3 is 0 Å². The quantitative estimate of drug-likeness (QED) is 0.156. The molecule has 3 N–H and O–H groups in total. The summed E-state index contributed by atoms with van der Waals surface area (Å²) in [7, 11) is 1.75. The molecule has 0 bridgehead atoms. The van der Waals surface area contributed by atoms with Gasteiger partial charge in [-0.25, -0.2) is 9.97 Å². The number of aromatic nitrogens is 3. The van der Waals surface area contributed by atoms with Gasteiger partial charge in [0, 0.05) is 54.7 Å². The second kappa shape index (κ2) is 12.9. The number of rotatable bonds is 10. The third-order valence-corrected chi connectivity index (χ3v) is 6.34. The number of allylic oxidation sites excluding steroid dienone is 1. The van der Waals surface area contributed by atoms with Crippen LogP contribution in [-0.2, 0) is 11.8 Å². The molecule has 4 aromatic rings. The summed E-state index contributed by atoms with van der Waals surface area (Å²) in [5, 5.41) is 10.1. The first-order chi connectivity index (χ1) is 19.3. The van der Waals surface area contributed by atoms with Crippen LogP contribution < -0.4 is 16.0 Å². The normalized spacial score (nSPS) is 10.6. The Balaban J connectivity index is 1.22. The Bertz CT molecular complexity index is 1610. The van der Waals surface area contributed by atoms with Gasteiger partial charge in [-0.15, -0.1) is 17.8 Å². The summed E-state index contributed by atoms with van der Waals surface area (Å²) >= 11 is 1.20. The second-order valence-electron chi connectivity index (χ2n) is 8.45. The minimum atomic E-state index is -0.396. The fraction of sp³-hybridized carbons (Fsp3) is 0.103. The van der Waals surface area contributed by atoms with Gasteiger partial charge in [-0.05, 0) is 54.0 Å². The molecule has 0 atom stereocenters. The van der Waals surface area contributed by atoms with Crippen molar-refractivity contribution >= 4 is 52.3 Å². The lowest BCUT2D eigenvalue weighted by molar-refractivity contribution is -0.116. The minimum absolute atomic E-state index is 0.0682. The van der Waals surface area contributed by atoms with Crippen molar-refractivity contribution < 1.29 is 19.2 Å². The SMILES string of the molecule is C#Cc1nc(C(=O)NCCC(=O)Nc2ccc(NC(=O)c3ccc(/C=C/C(=O)c4nccn4C)cc3)cc2)cs1. The van der Waals surface area contributed by atoms with E-state index in [1.165, 1.54) is 17.4 Å². The zero-order valence-corrected chi connectivity index (χ0v) is 22.2. The molecular weight excluding hydrogens is 528 g/mol. The van der Waals surface area contributed by atoms with Crippen LogP contribution in [0.2, 0.25) is 0 Å². The molecule has 0 radical (unpaired) electrons. The van der Waals surface area contributed by atoms with Crippen LogP contribution in [0.1, 0.15) is 48.5 Å². The Morgan fingerprint density at radius 3 is 2.33 bits per heavy atom. The molecule has 200 valence electrons. The molecule has 0 aliphatic rings. The lowest BCUT2D eigenvalue weighted by atomic mass is 10.1. The number of amides is 3. The Morgan fingerprint density at radius 1 is 1.00 bits per heavy atom. The number of anilines is 2. The number of nitrogens with zero attached hydrogens (tertiary/aromatic N) is 3. The van der Waals surface area contributed by atoms with Gasteiger partial charge in [0.25, 0.3) is 11.8 Å². The lowest BCUT2D eigenvalue weighted by Crippen LogP contribution is -2.27. The Hall–Kier alpha value is -5.34. The predicted octanol–water partition coefficient (Wildman–Crippen LogP) is 3.76. The van der Waals surface area contributed by atoms with E-state index in [0.717, 1.165) is 5.56 Å². The smallest absolute Gasteiger partial charge is 0.270 e. The Morgan fingerprint density at radius 2 is 1.70 bits per heavy atom.